The van der Waals surface area contributed by atoms with Crippen LogP contribution in [0.3, 0.4) is 0 Å². The molecule has 6 heterocycles. The topological polar surface area (TPSA) is 187 Å². The van der Waals surface area contributed by atoms with Crippen LogP contribution in [0.15, 0.2) is 219 Å². The molecular formula is C79H72Cl3N13O4S. The zero-order valence-electron chi connectivity index (χ0n) is 55.0. The van der Waals surface area contributed by atoms with Crippen LogP contribution in [0.25, 0.3) is 66.9 Å². The summed E-state index contributed by atoms with van der Waals surface area (Å²) < 4.78 is 5.40. The first-order valence-electron chi connectivity index (χ1n) is 33.1. The van der Waals surface area contributed by atoms with E-state index in [9.17, 15) is 14.4 Å². The maximum absolute atomic E-state index is 12.9. The number of hydrogen-bond donors (Lipinski definition) is 3. The minimum Gasteiger partial charge on any atom is -0.379 e. The first kappa shape index (κ1) is 68.9. The van der Waals surface area contributed by atoms with Crippen LogP contribution in [0, 0.1) is 0 Å². The second kappa shape index (κ2) is 33.1. The standard InChI is InChI=1S/C27H26ClN5O.C26H23ClN4O2.C26H23ClN4OS/c1-32-12-14-33(15-13-32)18-19-6-8-20(9-7-19)27(34)30-21-10-11-23(28)22(16-21)26-17-29-24-4-2-3-5-25(24)31-26;2*27-22-10-9-20(15-21(22)25-16-28-23-3-1-2-4-24(23)30-25)29-26(32)19-7-5-18(6-8-19)17-31-11-13-33-14-12-31/h2-11,16-17H,12-15,18H2,1H3,(H,30,34);2*1-10,15-16H,11-14,17H2,(H,29,32). The van der Waals surface area contributed by atoms with E-state index in [0.29, 0.717) is 71.5 Å². The molecule has 100 heavy (non-hydrogen) atoms. The Kier molecular flexibility index (Phi) is 22.8. The van der Waals surface area contributed by atoms with Crippen LogP contribution in [-0.4, -0.2) is 151 Å². The Hall–Kier alpha value is -9.57. The lowest BCUT2D eigenvalue weighted by atomic mass is 10.1. The molecule has 3 fully saturated rings. The molecule has 9 aromatic carbocycles. The van der Waals surface area contributed by atoms with Crippen LogP contribution < -0.4 is 16.0 Å². The number of morpholine rings is 1. The van der Waals surface area contributed by atoms with Crippen molar-refractivity contribution in [2.45, 2.75) is 19.6 Å². The molecule has 3 N–H and O–H groups in total. The van der Waals surface area contributed by atoms with Gasteiger partial charge >= 0.3 is 0 Å². The van der Waals surface area contributed by atoms with E-state index in [1.165, 1.54) is 28.2 Å². The van der Waals surface area contributed by atoms with Crippen LogP contribution >= 0.6 is 46.6 Å². The van der Waals surface area contributed by atoms with Crippen molar-refractivity contribution < 1.29 is 19.1 Å². The number of thioether (sulfide) groups is 1. The van der Waals surface area contributed by atoms with E-state index < -0.39 is 0 Å². The van der Waals surface area contributed by atoms with E-state index in [-0.39, 0.29) is 17.7 Å². The molecule has 0 unspecified atom stereocenters. The van der Waals surface area contributed by atoms with Gasteiger partial charge in [0, 0.05) is 134 Å². The summed E-state index contributed by atoms with van der Waals surface area (Å²) >= 11 is 21.3. The summed E-state index contributed by atoms with van der Waals surface area (Å²) in [6.07, 6.45) is 5.10. The number of anilines is 3. The van der Waals surface area contributed by atoms with Gasteiger partial charge in [0.15, 0.2) is 0 Å². The Bertz CT molecular complexity index is 4660. The summed E-state index contributed by atoms with van der Waals surface area (Å²) in [5, 5.41) is 10.6. The van der Waals surface area contributed by atoms with Crippen molar-refractivity contribution in [1.29, 1.82) is 0 Å². The molecule has 0 aliphatic carbocycles. The van der Waals surface area contributed by atoms with Crippen LogP contribution in [-0.2, 0) is 24.4 Å². The third kappa shape index (κ3) is 18.1. The van der Waals surface area contributed by atoms with Crippen molar-refractivity contribution in [3.05, 3.63) is 267 Å². The first-order valence-corrected chi connectivity index (χ1v) is 35.4. The lowest BCUT2D eigenvalue weighted by Gasteiger charge is -2.32. The number of aromatic nitrogens is 6. The van der Waals surface area contributed by atoms with E-state index in [1.54, 1.807) is 55.0 Å². The fourth-order valence-corrected chi connectivity index (χ4v) is 13.5. The van der Waals surface area contributed by atoms with Gasteiger partial charge in [-0.2, -0.15) is 11.8 Å². The Labute approximate surface area is 599 Å². The monoisotopic (exact) mass is 1400 g/mol. The number of rotatable bonds is 15. The van der Waals surface area contributed by atoms with Crippen LogP contribution in [0.2, 0.25) is 15.1 Å². The average molecular weight is 1410 g/mol. The van der Waals surface area contributed by atoms with Gasteiger partial charge in [-0.05, 0) is 151 Å². The quantitative estimate of drug-likeness (QED) is 0.0879. The lowest BCUT2D eigenvalue weighted by Crippen LogP contribution is -2.43. The van der Waals surface area contributed by atoms with Gasteiger partial charge in [-0.15, -0.1) is 0 Å². The number of nitrogens with zero attached hydrogens (tertiary/aromatic N) is 10. The zero-order valence-corrected chi connectivity index (χ0v) is 58.1. The van der Waals surface area contributed by atoms with Crippen molar-refractivity contribution in [2.75, 3.05) is 100 Å². The van der Waals surface area contributed by atoms with E-state index in [0.717, 1.165) is 129 Å². The smallest absolute Gasteiger partial charge is 0.255 e. The Balaban J connectivity index is 0.000000134. The highest BCUT2D eigenvalue weighted by Gasteiger charge is 2.19. The number of para-hydroxylation sites is 6. The van der Waals surface area contributed by atoms with Crippen LogP contribution in [0.4, 0.5) is 17.1 Å². The van der Waals surface area contributed by atoms with Crippen molar-refractivity contribution in [3.63, 3.8) is 0 Å². The first-order chi connectivity index (χ1) is 48.9. The van der Waals surface area contributed by atoms with E-state index in [4.69, 9.17) is 39.5 Å². The highest BCUT2D eigenvalue weighted by Crippen LogP contribution is 2.34. The largest absolute Gasteiger partial charge is 0.379 e. The van der Waals surface area contributed by atoms with Gasteiger partial charge in [0.25, 0.3) is 17.7 Å². The molecule has 0 spiro atoms. The molecule has 17 nitrogen and oxygen atoms in total. The van der Waals surface area contributed by atoms with Crippen molar-refractivity contribution >= 4 is 114 Å². The van der Waals surface area contributed by atoms with Gasteiger partial charge in [-0.1, -0.05) is 108 Å². The van der Waals surface area contributed by atoms with Crippen molar-refractivity contribution in [2.24, 2.45) is 0 Å². The fraction of sp³-hybridized carbons (Fsp3) is 0.203. The summed E-state index contributed by atoms with van der Waals surface area (Å²) in [6, 6.07) is 62.6. The molecule has 3 amide bonds. The maximum Gasteiger partial charge on any atom is 0.255 e. The molecular weight excluding hydrogens is 1330 g/mol. The molecule has 12 aromatic rings. The minimum atomic E-state index is -0.175. The number of nitrogens with one attached hydrogen (secondary N) is 3. The summed E-state index contributed by atoms with van der Waals surface area (Å²) in [5.74, 6) is 1.88. The van der Waals surface area contributed by atoms with E-state index in [2.05, 4.69) is 72.5 Å². The number of likely N-dealkylation sites (N-methyl/N-ethyl adjacent to an activating group) is 1. The van der Waals surface area contributed by atoms with Gasteiger partial charge in [0.05, 0.1) is 97.1 Å². The molecule has 3 saturated heterocycles. The van der Waals surface area contributed by atoms with Gasteiger partial charge in [-0.3, -0.25) is 44.0 Å². The number of amides is 3. The molecule has 3 aliphatic rings. The zero-order chi connectivity index (χ0) is 68.7. The Morgan fingerprint density at radius 1 is 0.390 bits per heavy atom. The second-order valence-electron chi connectivity index (χ2n) is 24.6. The molecule has 0 bridgehead atoms. The Morgan fingerprint density at radius 3 is 1.04 bits per heavy atom. The fourth-order valence-electron chi connectivity index (χ4n) is 11.9. The number of benzene rings is 9. The van der Waals surface area contributed by atoms with Gasteiger partial charge in [-0.25, -0.2) is 15.0 Å². The molecule has 21 heteroatoms. The molecule has 0 saturated carbocycles. The number of fused-ring (bicyclic) bond motifs is 3. The molecule has 0 atom stereocenters. The summed E-state index contributed by atoms with van der Waals surface area (Å²) in [6.45, 7) is 12.7. The normalized spacial score (nSPS) is 14.5. The summed E-state index contributed by atoms with van der Waals surface area (Å²) in [5.41, 5.74) is 16.4. The number of halogens is 3. The SMILES string of the molecule is CN1CCN(Cc2ccc(C(=O)Nc3ccc(Cl)c(-c4cnc5ccccc5n4)c3)cc2)CC1.O=C(Nc1ccc(Cl)c(-c2cnc3ccccc3n2)c1)c1ccc(CN2CCOCC2)cc1.O=C(Nc1ccc(Cl)c(-c2cnc3ccccc3n2)c1)c1ccc(CN2CCSCC2)cc1. The summed E-state index contributed by atoms with van der Waals surface area (Å²) in [7, 11) is 2.16. The third-order valence-corrected chi connectivity index (χ3v) is 19.4. The molecule has 15 rings (SSSR count). The van der Waals surface area contributed by atoms with E-state index >= 15 is 0 Å². The number of carbonyl (C=O) groups is 3. The lowest BCUT2D eigenvalue weighted by molar-refractivity contribution is 0.0342. The minimum absolute atomic E-state index is 0.159. The predicted octanol–water partition coefficient (Wildman–Crippen LogP) is 15.7. The molecule has 0 radical (unpaired) electrons. The van der Waals surface area contributed by atoms with E-state index in [1.807, 2.05) is 176 Å². The third-order valence-electron chi connectivity index (χ3n) is 17.5. The van der Waals surface area contributed by atoms with Crippen LogP contribution in [0.1, 0.15) is 47.8 Å². The van der Waals surface area contributed by atoms with Gasteiger partial charge in [0.1, 0.15) is 0 Å². The number of piperazine rings is 1. The van der Waals surface area contributed by atoms with Crippen LogP contribution in [0.5, 0.6) is 0 Å². The van der Waals surface area contributed by atoms with Gasteiger partial charge < -0.3 is 25.6 Å². The molecule has 504 valence electrons. The Morgan fingerprint density at radius 2 is 0.700 bits per heavy atom. The van der Waals surface area contributed by atoms with Gasteiger partial charge in [0.2, 0.25) is 0 Å². The highest BCUT2D eigenvalue weighted by molar-refractivity contribution is 7.99. The molecule has 3 aliphatic heterocycles. The second-order valence-corrected chi connectivity index (χ2v) is 27.1. The number of hydrogen-bond acceptors (Lipinski definition) is 15. The number of carbonyl (C=O) groups excluding carboxylic acids is 3. The average Bonchev–Trinajstić information content (AvgIpc) is 0.829. The van der Waals surface area contributed by atoms with Crippen molar-refractivity contribution in [3.8, 4) is 33.8 Å². The summed E-state index contributed by atoms with van der Waals surface area (Å²) in [4.78, 5) is 75.6. The molecule has 3 aromatic heterocycles. The number of ether oxygens (including phenoxy) is 1. The highest BCUT2D eigenvalue weighted by atomic mass is 35.5. The predicted molar refractivity (Wildman–Crippen MR) is 405 cm³/mol. The van der Waals surface area contributed by atoms with Crippen molar-refractivity contribution in [1.82, 2.24) is 49.5 Å². The maximum atomic E-state index is 12.9.